The fourth-order valence-corrected chi connectivity index (χ4v) is 5.61. The summed E-state index contributed by atoms with van der Waals surface area (Å²) >= 11 is 5.26. The second-order valence-corrected chi connectivity index (χ2v) is 10.9. The summed E-state index contributed by atoms with van der Waals surface area (Å²) in [5, 5.41) is 2.97. The molecule has 2 atom stereocenters. The molecule has 188 valence electrons. The van der Waals surface area contributed by atoms with Crippen molar-refractivity contribution in [3.63, 3.8) is 0 Å². The van der Waals surface area contributed by atoms with Crippen molar-refractivity contribution in [3.05, 3.63) is 101 Å². The molecule has 1 N–H and O–H groups in total. The summed E-state index contributed by atoms with van der Waals surface area (Å²) in [4.78, 5) is 28.8. The Balaban J connectivity index is 1.36. The molecule has 0 saturated carbocycles. The molecule has 0 aromatic heterocycles. The summed E-state index contributed by atoms with van der Waals surface area (Å²) in [6.07, 6.45) is 2.11. The van der Waals surface area contributed by atoms with Gasteiger partial charge in [0, 0.05) is 40.2 Å². The minimum atomic E-state index is -0.434. The summed E-state index contributed by atoms with van der Waals surface area (Å²) in [5.74, 6) is 0.953. The molecule has 3 aromatic carbocycles. The topological polar surface area (TPSA) is 58.6 Å². The van der Waals surface area contributed by atoms with Crippen molar-refractivity contribution in [1.29, 1.82) is 0 Å². The lowest BCUT2D eigenvalue weighted by Gasteiger charge is -2.31. The number of nitrogens with one attached hydrogen (secondary N) is 1. The Morgan fingerprint density at radius 3 is 2.33 bits per heavy atom. The molecule has 4 rings (SSSR count). The van der Waals surface area contributed by atoms with E-state index in [1.165, 1.54) is 10.5 Å². The number of benzene rings is 3. The molecule has 0 aliphatic carbocycles. The summed E-state index contributed by atoms with van der Waals surface area (Å²) < 4.78 is 6.44. The number of carbonyl (C=O) groups is 2. The van der Waals surface area contributed by atoms with Gasteiger partial charge >= 0.3 is 6.09 Å². The van der Waals surface area contributed by atoms with Crippen molar-refractivity contribution in [3.8, 4) is 0 Å². The van der Waals surface area contributed by atoms with E-state index in [0.717, 1.165) is 22.2 Å². The Morgan fingerprint density at radius 1 is 0.972 bits per heavy atom. The zero-order valence-electron chi connectivity index (χ0n) is 20.1. The SMILES string of the molecule is O=C(NC1CCC(=O)N(C(CSc2ccc(Br)cc2)Cc2ccccc2)CC1)OCc1ccccc1. The largest absolute Gasteiger partial charge is 0.445 e. The molecule has 2 amide bonds. The van der Waals surface area contributed by atoms with Crippen molar-refractivity contribution in [2.75, 3.05) is 12.3 Å². The van der Waals surface area contributed by atoms with E-state index in [4.69, 9.17) is 4.74 Å². The van der Waals surface area contributed by atoms with Gasteiger partial charge in [-0.3, -0.25) is 4.79 Å². The van der Waals surface area contributed by atoms with Crippen LogP contribution in [0.3, 0.4) is 0 Å². The van der Waals surface area contributed by atoms with Gasteiger partial charge < -0.3 is 15.0 Å². The highest BCUT2D eigenvalue weighted by Crippen LogP contribution is 2.26. The number of hydrogen-bond acceptors (Lipinski definition) is 4. The molecule has 2 unspecified atom stereocenters. The average Bonchev–Trinajstić information content (AvgIpc) is 3.08. The predicted octanol–water partition coefficient (Wildman–Crippen LogP) is 6.46. The van der Waals surface area contributed by atoms with Crippen LogP contribution in [0.15, 0.2) is 94.3 Å². The van der Waals surface area contributed by atoms with Crippen molar-refractivity contribution in [1.82, 2.24) is 10.2 Å². The van der Waals surface area contributed by atoms with Gasteiger partial charge in [-0.05, 0) is 54.7 Å². The first-order valence-electron chi connectivity index (χ1n) is 12.3. The van der Waals surface area contributed by atoms with E-state index in [2.05, 4.69) is 45.5 Å². The molecule has 0 bridgehead atoms. The van der Waals surface area contributed by atoms with Crippen molar-refractivity contribution in [2.45, 2.75) is 49.3 Å². The van der Waals surface area contributed by atoms with E-state index in [1.54, 1.807) is 11.8 Å². The van der Waals surface area contributed by atoms with Gasteiger partial charge in [0.25, 0.3) is 0 Å². The Hall–Kier alpha value is -2.77. The van der Waals surface area contributed by atoms with Crippen molar-refractivity contribution < 1.29 is 14.3 Å². The number of rotatable bonds is 9. The number of amides is 2. The molecule has 1 aliphatic heterocycles. The quantitative estimate of drug-likeness (QED) is 0.302. The molecule has 1 fully saturated rings. The lowest BCUT2D eigenvalue weighted by molar-refractivity contribution is -0.132. The number of nitrogens with zero attached hydrogens (tertiary/aromatic N) is 1. The smallest absolute Gasteiger partial charge is 0.407 e. The Labute approximate surface area is 225 Å². The number of alkyl carbamates (subject to hydrolysis) is 1. The minimum Gasteiger partial charge on any atom is -0.445 e. The summed E-state index contributed by atoms with van der Waals surface area (Å²) in [6, 6.07) is 28.2. The van der Waals surface area contributed by atoms with Crippen molar-refractivity contribution in [2.24, 2.45) is 0 Å². The van der Waals surface area contributed by atoms with Crippen LogP contribution in [0.2, 0.25) is 0 Å². The second-order valence-electron chi connectivity index (χ2n) is 8.93. The van der Waals surface area contributed by atoms with Crippen LogP contribution in [-0.2, 0) is 22.6 Å². The Morgan fingerprint density at radius 2 is 1.64 bits per heavy atom. The number of ether oxygens (including phenoxy) is 1. The summed E-state index contributed by atoms with van der Waals surface area (Å²) in [7, 11) is 0. The molecule has 0 spiro atoms. The zero-order chi connectivity index (χ0) is 25.2. The fraction of sp³-hybridized carbons (Fsp3) is 0.310. The van der Waals surface area contributed by atoms with Gasteiger partial charge in [-0.15, -0.1) is 11.8 Å². The Kier molecular flexibility index (Phi) is 9.87. The molecule has 0 radical (unpaired) electrons. The first-order valence-corrected chi connectivity index (χ1v) is 14.0. The van der Waals surface area contributed by atoms with Gasteiger partial charge in [0.15, 0.2) is 0 Å². The van der Waals surface area contributed by atoms with Crippen molar-refractivity contribution >= 4 is 39.7 Å². The van der Waals surface area contributed by atoms with Crippen LogP contribution in [0, 0.1) is 0 Å². The monoisotopic (exact) mass is 566 g/mol. The molecule has 1 saturated heterocycles. The van der Waals surface area contributed by atoms with Crippen LogP contribution in [0.1, 0.15) is 30.4 Å². The number of halogens is 1. The lowest BCUT2D eigenvalue weighted by atomic mass is 10.1. The van der Waals surface area contributed by atoms with Gasteiger partial charge in [-0.1, -0.05) is 76.6 Å². The summed E-state index contributed by atoms with van der Waals surface area (Å²) in [5.41, 5.74) is 2.16. The highest BCUT2D eigenvalue weighted by molar-refractivity contribution is 9.10. The Bertz CT molecular complexity index is 1110. The minimum absolute atomic E-state index is 0.0670. The molecule has 36 heavy (non-hydrogen) atoms. The highest BCUT2D eigenvalue weighted by Gasteiger charge is 2.29. The van der Waals surface area contributed by atoms with Gasteiger partial charge in [0.1, 0.15) is 6.61 Å². The third-order valence-electron chi connectivity index (χ3n) is 6.29. The van der Waals surface area contributed by atoms with E-state index in [1.807, 2.05) is 65.6 Å². The highest BCUT2D eigenvalue weighted by atomic mass is 79.9. The maximum absolute atomic E-state index is 13.2. The second kappa shape index (κ2) is 13.5. The van der Waals surface area contributed by atoms with Gasteiger partial charge in [-0.25, -0.2) is 4.79 Å². The van der Waals surface area contributed by atoms with E-state index in [0.29, 0.717) is 25.8 Å². The molecule has 3 aromatic rings. The van der Waals surface area contributed by atoms with Gasteiger partial charge in [0.05, 0.1) is 0 Å². The molecular weight excluding hydrogens is 536 g/mol. The van der Waals surface area contributed by atoms with Crippen LogP contribution in [0.4, 0.5) is 4.79 Å². The first-order chi connectivity index (χ1) is 17.6. The zero-order valence-corrected chi connectivity index (χ0v) is 22.5. The molecular formula is C29H31BrN2O3S. The maximum Gasteiger partial charge on any atom is 0.407 e. The molecule has 7 heteroatoms. The summed E-state index contributed by atoms with van der Waals surface area (Å²) in [6.45, 7) is 0.845. The van der Waals surface area contributed by atoms with Crippen LogP contribution in [0.5, 0.6) is 0 Å². The van der Waals surface area contributed by atoms with Crippen LogP contribution < -0.4 is 5.32 Å². The van der Waals surface area contributed by atoms with E-state index in [-0.39, 0.29) is 24.6 Å². The molecule has 1 aliphatic rings. The number of carbonyl (C=O) groups excluding carboxylic acids is 2. The maximum atomic E-state index is 13.2. The van der Waals surface area contributed by atoms with E-state index < -0.39 is 6.09 Å². The predicted molar refractivity (Wildman–Crippen MR) is 148 cm³/mol. The average molecular weight is 568 g/mol. The number of likely N-dealkylation sites (tertiary alicyclic amines) is 1. The third-order valence-corrected chi connectivity index (χ3v) is 7.98. The van der Waals surface area contributed by atoms with Crippen LogP contribution in [0.25, 0.3) is 0 Å². The number of hydrogen-bond donors (Lipinski definition) is 1. The number of thioether (sulfide) groups is 1. The fourth-order valence-electron chi connectivity index (χ4n) is 4.34. The van der Waals surface area contributed by atoms with E-state index in [9.17, 15) is 9.59 Å². The van der Waals surface area contributed by atoms with Crippen LogP contribution >= 0.6 is 27.7 Å². The normalized spacial score (nSPS) is 16.8. The van der Waals surface area contributed by atoms with Gasteiger partial charge in [0.2, 0.25) is 5.91 Å². The third kappa shape index (κ3) is 8.14. The standard InChI is InChI=1S/C29H31BrN2O3S/c30-24-11-14-27(15-12-24)36-21-26(19-22-7-3-1-4-8-22)32-18-17-25(13-16-28(32)33)31-29(34)35-20-23-9-5-2-6-10-23/h1-12,14-15,25-26H,13,16-21H2,(H,31,34). The molecule has 1 heterocycles. The lowest BCUT2D eigenvalue weighted by Crippen LogP contribution is -2.43. The van der Waals surface area contributed by atoms with Gasteiger partial charge in [-0.2, -0.15) is 0 Å². The van der Waals surface area contributed by atoms with Crippen LogP contribution in [-0.4, -0.2) is 41.3 Å². The molecule has 5 nitrogen and oxygen atoms in total. The first kappa shape index (κ1) is 26.3. The van der Waals surface area contributed by atoms with E-state index >= 15 is 0 Å².